The number of hydrogen-bond acceptors (Lipinski definition) is 3. The maximum absolute atomic E-state index is 10.6. The summed E-state index contributed by atoms with van der Waals surface area (Å²) in [6, 6.07) is 0. The van der Waals surface area contributed by atoms with E-state index in [4.69, 9.17) is 0 Å². The summed E-state index contributed by atoms with van der Waals surface area (Å²) in [7, 11) is 0. The van der Waals surface area contributed by atoms with Crippen LogP contribution in [-0.2, 0) is 4.79 Å². The number of carbonyl (C=O) groups excluding carboxylic acids is 1. The summed E-state index contributed by atoms with van der Waals surface area (Å²) in [5.74, 6) is 0.0755. The third kappa shape index (κ3) is 17.4. The molecule has 0 unspecified atom stereocenters. The third-order valence-electron chi connectivity index (χ3n) is 3.04. The van der Waals surface area contributed by atoms with Crippen LogP contribution >= 0.6 is 0 Å². The lowest BCUT2D eigenvalue weighted by atomic mass is 10.2. The SMILES string of the molecule is CCCNCCCCCNCCCCCNC(C)=O. The van der Waals surface area contributed by atoms with Crippen molar-refractivity contribution in [2.24, 2.45) is 0 Å². The lowest BCUT2D eigenvalue weighted by molar-refractivity contribution is -0.118. The number of rotatable bonds is 14. The fourth-order valence-electron chi connectivity index (χ4n) is 1.92. The molecule has 0 saturated heterocycles. The summed E-state index contributed by atoms with van der Waals surface area (Å²) in [6.45, 7) is 9.15. The lowest BCUT2D eigenvalue weighted by Crippen LogP contribution is -2.21. The average molecular weight is 271 g/mol. The zero-order valence-corrected chi connectivity index (χ0v) is 12.9. The van der Waals surface area contributed by atoms with Gasteiger partial charge >= 0.3 is 0 Å². The highest BCUT2D eigenvalue weighted by molar-refractivity contribution is 5.72. The van der Waals surface area contributed by atoms with Crippen LogP contribution in [-0.4, -0.2) is 38.6 Å². The Hall–Kier alpha value is -0.610. The van der Waals surface area contributed by atoms with Crippen molar-refractivity contribution in [3.63, 3.8) is 0 Å². The molecule has 114 valence electrons. The predicted molar refractivity (Wildman–Crippen MR) is 82.4 cm³/mol. The highest BCUT2D eigenvalue weighted by Crippen LogP contribution is 1.95. The van der Waals surface area contributed by atoms with Crippen molar-refractivity contribution < 1.29 is 4.79 Å². The molecule has 0 atom stereocenters. The fraction of sp³-hybridized carbons (Fsp3) is 0.933. The third-order valence-corrected chi connectivity index (χ3v) is 3.04. The smallest absolute Gasteiger partial charge is 0.216 e. The van der Waals surface area contributed by atoms with E-state index in [-0.39, 0.29) is 5.91 Å². The largest absolute Gasteiger partial charge is 0.356 e. The van der Waals surface area contributed by atoms with Crippen LogP contribution in [0.2, 0.25) is 0 Å². The second-order valence-corrected chi connectivity index (χ2v) is 5.10. The molecule has 0 spiro atoms. The minimum absolute atomic E-state index is 0.0755. The molecule has 1 amide bonds. The minimum atomic E-state index is 0.0755. The van der Waals surface area contributed by atoms with Crippen LogP contribution < -0.4 is 16.0 Å². The second kappa shape index (κ2) is 15.4. The van der Waals surface area contributed by atoms with E-state index < -0.39 is 0 Å². The van der Waals surface area contributed by atoms with Gasteiger partial charge in [-0.2, -0.15) is 0 Å². The van der Waals surface area contributed by atoms with E-state index in [1.807, 2.05) is 0 Å². The molecule has 4 heteroatoms. The molecule has 0 radical (unpaired) electrons. The summed E-state index contributed by atoms with van der Waals surface area (Å²) in [5.41, 5.74) is 0. The molecule has 3 N–H and O–H groups in total. The highest BCUT2D eigenvalue weighted by atomic mass is 16.1. The van der Waals surface area contributed by atoms with E-state index in [2.05, 4.69) is 22.9 Å². The first-order valence-corrected chi connectivity index (χ1v) is 7.93. The topological polar surface area (TPSA) is 53.2 Å². The van der Waals surface area contributed by atoms with E-state index in [0.717, 1.165) is 39.1 Å². The predicted octanol–water partition coefficient (Wildman–Crippen LogP) is 2.05. The first-order chi connectivity index (χ1) is 9.27. The van der Waals surface area contributed by atoms with Crippen molar-refractivity contribution in [1.29, 1.82) is 0 Å². The quantitative estimate of drug-likeness (QED) is 0.424. The summed E-state index contributed by atoms with van der Waals surface area (Å²) in [5, 5.41) is 9.72. The number of unbranched alkanes of at least 4 members (excludes halogenated alkanes) is 4. The Morgan fingerprint density at radius 3 is 1.68 bits per heavy atom. The van der Waals surface area contributed by atoms with E-state index >= 15 is 0 Å². The van der Waals surface area contributed by atoms with Crippen LogP contribution in [0, 0.1) is 0 Å². The Morgan fingerprint density at radius 2 is 1.21 bits per heavy atom. The van der Waals surface area contributed by atoms with Gasteiger partial charge in [-0.05, 0) is 58.3 Å². The molecule has 0 rings (SSSR count). The molecule has 0 bridgehead atoms. The van der Waals surface area contributed by atoms with Gasteiger partial charge in [0, 0.05) is 13.5 Å². The standard InChI is InChI=1S/C15H33N3O/c1-3-10-16-11-6-4-7-12-17-13-8-5-9-14-18-15(2)19/h16-17H,3-14H2,1-2H3,(H,18,19). The Morgan fingerprint density at radius 1 is 0.737 bits per heavy atom. The van der Waals surface area contributed by atoms with Gasteiger partial charge in [0.15, 0.2) is 0 Å². The van der Waals surface area contributed by atoms with Gasteiger partial charge in [0.1, 0.15) is 0 Å². The van der Waals surface area contributed by atoms with Crippen molar-refractivity contribution in [2.45, 2.75) is 58.8 Å². The van der Waals surface area contributed by atoms with E-state index in [9.17, 15) is 4.79 Å². The van der Waals surface area contributed by atoms with Gasteiger partial charge in [0.05, 0.1) is 0 Å². The molecule has 0 aliphatic carbocycles. The molecule has 0 aromatic rings. The second-order valence-electron chi connectivity index (χ2n) is 5.10. The van der Waals surface area contributed by atoms with Gasteiger partial charge in [-0.15, -0.1) is 0 Å². The van der Waals surface area contributed by atoms with Crippen molar-refractivity contribution in [3.05, 3.63) is 0 Å². The van der Waals surface area contributed by atoms with Gasteiger partial charge < -0.3 is 16.0 Å². The minimum Gasteiger partial charge on any atom is -0.356 e. The van der Waals surface area contributed by atoms with Crippen LogP contribution in [0.4, 0.5) is 0 Å². The monoisotopic (exact) mass is 271 g/mol. The molecule has 4 nitrogen and oxygen atoms in total. The van der Waals surface area contributed by atoms with Gasteiger partial charge in [0.2, 0.25) is 5.91 Å². The van der Waals surface area contributed by atoms with Crippen LogP contribution in [0.5, 0.6) is 0 Å². The van der Waals surface area contributed by atoms with Crippen LogP contribution in [0.1, 0.15) is 58.8 Å². The molecule has 0 saturated carbocycles. The Labute approximate surface area is 119 Å². The van der Waals surface area contributed by atoms with Crippen molar-refractivity contribution in [1.82, 2.24) is 16.0 Å². The number of hydrogen-bond donors (Lipinski definition) is 3. The Balaban J connectivity index is 2.93. The molecular formula is C15H33N3O. The zero-order chi connectivity index (χ0) is 14.2. The molecule has 0 aromatic heterocycles. The molecule has 0 heterocycles. The molecule has 0 aliphatic heterocycles. The summed E-state index contributed by atoms with van der Waals surface area (Å²) in [4.78, 5) is 10.6. The maximum Gasteiger partial charge on any atom is 0.216 e. The van der Waals surface area contributed by atoms with Crippen LogP contribution in [0.15, 0.2) is 0 Å². The molecule has 19 heavy (non-hydrogen) atoms. The van der Waals surface area contributed by atoms with Gasteiger partial charge in [-0.25, -0.2) is 0 Å². The van der Waals surface area contributed by atoms with Gasteiger partial charge in [-0.1, -0.05) is 19.8 Å². The first-order valence-electron chi connectivity index (χ1n) is 7.93. The summed E-state index contributed by atoms with van der Waals surface area (Å²) in [6.07, 6.45) is 8.59. The number of nitrogens with one attached hydrogen (secondary N) is 3. The summed E-state index contributed by atoms with van der Waals surface area (Å²) >= 11 is 0. The van der Waals surface area contributed by atoms with Gasteiger partial charge in [-0.3, -0.25) is 4.79 Å². The number of carbonyl (C=O) groups is 1. The fourth-order valence-corrected chi connectivity index (χ4v) is 1.92. The van der Waals surface area contributed by atoms with E-state index in [1.54, 1.807) is 6.92 Å². The molecule has 0 aliphatic rings. The first kappa shape index (κ1) is 18.4. The Bertz CT molecular complexity index is 198. The number of amides is 1. The molecule has 0 aromatic carbocycles. The van der Waals surface area contributed by atoms with Crippen LogP contribution in [0.3, 0.4) is 0 Å². The summed E-state index contributed by atoms with van der Waals surface area (Å²) < 4.78 is 0. The average Bonchev–Trinajstić information content (AvgIpc) is 2.39. The maximum atomic E-state index is 10.6. The van der Waals surface area contributed by atoms with Gasteiger partial charge in [0.25, 0.3) is 0 Å². The zero-order valence-electron chi connectivity index (χ0n) is 12.9. The highest BCUT2D eigenvalue weighted by Gasteiger charge is 1.93. The van der Waals surface area contributed by atoms with Crippen molar-refractivity contribution in [2.75, 3.05) is 32.7 Å². The van der Waals surface area contributed by atoms with Crippen LogP contribution in [0.25, 0.3) is 0 Å². The molecular weight excluding hydrogens is 238 g/mol. The molecule has 0 fully saturated rings. The van der Waals surface area contributed by atoms with E-state index in [0.29, 0.717) is 0 Å². The van der Waals surface area contributed by atoms with E-state index in [1.165, 1.54) is 38.5 Å². The normalized spacial score (nSPS) is 10.6. The lowest BCUT2D eigenvalue weighted by Gasteiger charge is -2.06. The van der Waals surface area contributed by atoms with Crippen molar-refractivity contribution in [3.8, 4) is 0 Å². The Kier molecular flexibility index (Phi) is 15.0. The van der Waals surface area contributed by atoms with Crippen molar-refractivity contribution >= 4 is 5.91 Å².